The van der Waals surface area contributed by atoms with E-state index in [9.17, 15) is 0 Å². The van der Waals surface area contributed by atoms with Crippen molar-refractivity contribution in [1.29, 1.82) is 0 Å². The molecule has 16 aliphatic rings. The van der Waals surface area contributed by atoms with E-state index in [0.717, 1.165) is 88.8 Å². The molecule has 55 heavy (non-hydrogen) atoms. The Hall–Kier alpha value is -2.68. The highest BCUT2D eigenvalue weighted by atomic mass is 15.2. The molecular weight excluding hydrogens is 663 g/mol. The van der Waals surface area contributed by atoms with Crippen LogP contribution in [0.3, 0.4) is 0 Å². The lowest BCUT2D eigenvalue weighted by Gasteiger charge is -2.55. The van der Waals surface area contributed by atoms with E-state index in [1.807, 2.05) is 11.1 Å². The lowest BCUT2D eigenvalue weighted by atomic mass is 9.33. The highest BCUT2D eigenvalue weighted by Crippen LogP contribution is 2.64. The summed E-state index contributed by atoms with van der Waals surface area (Å²) in [5.74, 6) is 14.4. The summed E-state index contributed by atoms with van der Waals surface area (Å²) in [4.78, 5) is 5.87. The molecule has 0 N–H and O–H groups in total. The Morgan fingerprint density at radius 3 is 1.16 bits per heavy atom. The Morgan fingerprint density at radius 2 is 0.782 bits per heavy atom. The SMILES string of the molecule is c1cc(C2C3CC4CC(C3)CC2C4)c2c3c1B1c4ccc(C5C6CC7CC(C6)CC5C7)c5c4N(CC5)c4cc(C5C6CC7CC(C6)CC5C7)cc(c41)N3CC2. The molecule has 0 saturated heterocycles. The van der Waals surface area contributed by atoms with E-state index in [0.29, 0.717) is 6.71 Å². The summed E-state index contributed by atoms with van der Waals surface area (Å²) < 4.78 is 0. The van der Waals surface area contributed by atoms with Crippen molar-refractivity contribution in [2.75, 3.05) is 22.9 Å². The second-order valence-corrected chi connectivity index (χ2v) is 23.2. The number of anilines is 4. The van der Waals surface area contributed by atoms with Crippen LogP contribution in [0, 0.1) is 71.0 Å². The molecule has 280 valence electrons. The molecule has 0 amide bonds. The van der Waals surface area contributed by atoms with E-state index in [-0.39, 0.29) is 0 Å². The molecule has 4 heterocycles. The summed E-state index contributed by atoms with van der Waals surface area (Å²) in [5, 5.41) is 0. The Balaban J connectivity index is 0.894. The van der Waals surface area contributed by atoms with E-state index in [1.54, 1.807) is 75.1 Å². The number of fused-ring (bicyclic) bond motifs is 4. The fourth-order valence-electron chi connectivity index (χ4n) is 20.1. The van der Waals surface area contributed by atoms with Crippen LogP contribution in [-0.4, -0.2) is 19.8 Å². The lowest BCUT2D eigenvalue weighted by molar-refractivity contribution is -0.00304. The van der Waals surface area contributed by atoms with Crippen molar-refractivity contribution in [3.8, 4) is 0 Å². The molecule has 19 rings (SSSR count). The molecule has 12 aliphatic carbocycles. The summed E-state index contributed by atoms with van der Waals surface area (Å²) in [6, 6.07) is 16.6. The third-order valence-corrected chi connectivity index (χ3v) is 20.8. The van der Waals surface area contributed by atoms with E-state index in [4.69, 9.17) is 0 Å². The predicted molar refractivity (Wildman–Crippen MR) is 225 cm³/mol. The fraction of sp³-hybridized carbons (Fsp3) is 0.654. The van der Waals surface area contributed by atoms with Gasteiger partial charge in [0.1, 0.15) is 0 Å². The fourth-order valence-corrected chi connectivity index (χ4v) is 20.1. The first-order valence-corrected chi connectivity index (χ1v) is 24.2. The maximum Gasteiger partial charge on any atom is 0.252 e. The first kappa shape index (κ1) is 30.4. The molecule has 12 saturated carbocycles. The van der Waals surface area contributed by atoms with E-state index >= 15 is 0 Å². The summed E-state index contributed by atoms with van der Waals surface area (Å²) in [7, 11) is 0. The van der Waals surface area contributed by atoms with E-state index < -0.39 is 0 Å². The van der Waals surface area contributed by atoms with Crippen LogP contribution in [0.15, 0.2) is 36.4 Å². The summed E-state index contributed by atoms with van der Waals surface area (Å²) in [6.45, 7) is 2.78. The molecule has 0 radical (unpaired) electrons. The Bertz CT molecular complexity index is 2020. The molecule has 3 heteroatoms. The first-order valence-electron chi connectivity index (χ1n) is 24.2. The third-order valence-electron chi connectivity index (χ3n) is 20.8. The highest BCUT2D eigenvalue weighted by Gasteiger charge is 2.55. The van der Waals surface area contributed by atoms with Crippen molar-refractivity contribution in [1.82, 2.24) is 0 Å². The molecule has 3 aromatic rings. The van der Waals surface area contributed by atoms with Crippen molar-refractivity contribution in [2.45, 2.75) is 127 Å². The number of rotatable bonds is 3. The van der Waals surface area contributed by atoms with Crippen LogP contribution in [0.5, 0.6) is 0 Å². The Morgan fingerprint density at radius 1 is 0.418 bits per heavy atom. The van der Waals surface area contributed by atoms with Gasteiger partial charge in [0.15, 0.2) is 0 Å². The summed E-state index contributed by atoms with van der Waals surface area (Å²) in [6.07, 6.45) is 25.5. The third kappa shape index (κ3) is 3.80. The van der Waals surface area contributed by atoms with Crippen molar-refractivity contribution < 1.29 is 0 Å². The molecule has 0 aromatic heterocycles. The molecule has 12 fully saturated rings. The topological polar surface area (TPSA) is 6.48 Å². The van der Waals surface area contributed by atoms with Crippen LogP contribution in [0.1, 0.15) is 142 Å². The van der Waals surface area contributed by atoms with Crippen molar-refractivity contribution in [3.63, 3.8) is 0 Å². The first-order chi connectivity index (χ1) is 27.1. The zero-order chi connectivity index (χ0) is 35.0. The molecule has 3 aromatic carbocycles. The van der Waals surface area contributed by atoms with Gasteiger partial charge in [-0.15, -0.1) is 0 Å². The van der Waals surface area contributed by atoms with Gasteiger partial charge in [-0.1, -0.05) is 24.3 Å². The molecule has 0 spiro atoms. The van der Waals surface area contributed by atoms with Gasteiger partial charge >= 0.3 is 0 Å². The van der Waals surface area contributed by atoms with Gasteiger partial charge in [0.25, 0.3) is 6.71 Å². The molecule has 12 bridgehead atoms. The summed E-state index contributed by atoms with van der Waals surface area (Å²) in [5.41, 5.74) is 20.7. The number of nitrogens with zero attached hydrogens (tertiary/aromatic N) is 2. The molecule has 4 aliphatic heterocycles. The molecule has 0 unspecified atom stereocenters. The lowest BCUT2D eigenvalue weighted by Crippen LogP contribution is -2.62. The predicted octanol–water partition coefficient (Wildman–Crippen LogP) is 9.84. The van der Waals surface area contributed by atoms with Gasteiger partial charge in [-0.05, 0) is 254 Å². The largest absolute Gasteiger partial charge is 0.342 e. The van der Waals surface area contributed by atoms with Crippen LogP contribution in [0.25, 0.3) is 0 Å². The van der Waals surface area contributed by atoms with Gasteiger partial charge in [0, 0.05) is 35.8 Å². The average molecular weight is 723 g/mol. The minimum Gasteiger partial charge on any atom is -0.342 e. The van der Waals surface area contributed by atoms with Gasteiger partial charge in [0.2, 0.25) is 0 Å². The quantitative estimate of drug-likeness (QED) is 0.249. The van der Waals surface area contributed by atoms with Gasteiger partial charge in [-0.2, -0.15) is 0 Å². The van der Waals surface area contributed by atoms with Crippen LogP contribution in [-0.2, 0) is 12.8 Å². The maximum absolute atomic E-state index is 2.93. The Labute approximate surface area is 329 Å². The van der Waals surface area contributed by atoms with Crippen molar-refractivity contribution in [2.24, 2.45) is 71.0 Å². The minimum atomic E-state index is 0.392. The average Bonchev–Trinajstić information content (AvgIpc) is 3.82. The van der Waals surface area contributed by atoms with E-state index in [2.05, 4.69) is 46.2 Å². The smallest absolute Gasteiger partial charge is 0.252 e. The van der Waals surface area contributed by atoms with Gasteiger partial charge < -0.3 is 9.80 Å². The van der Waals surface area contributed by atoms with Crippen molar-refractivity contribution >= 4 is 45.9 Å². The van der Waals surface area contributed by atoms with Crippen LogP contribution >= 0.6 is 0 Å². The summed E-state index contributed by atoms with van der Waals surface area (Å²) >= 11 is 0. The maximum atomic E-state index is 2.93. The highest BCUT2D eigenvalue weighted by molar-refractivity contribution is 7.00. The normalized spacial score (nSPS) is 44.5. The standard InChI is InChI=1S/C52H59BN2/c1-3-43-51-41(39(1)48-34-16-28-10-29(18-34)19-35(48)17-28)5-7-54(51)45-24-38(47-32-12-26-9-27(14-32)15-33(47)13-26)25-46-50(45)53(43)44-4-2-40(42-6-8-55(46)52(42)44)49-36-20-30-11-31(22-36)23-37(49)21-30/h1-4,24-37,47-49H,5-23H2. The van der Waals surface area contributed by atoms with Gasteiger partial charge in [0.05, 0.1) is 0 Å². The zero-order valence-corrected chi connectivity index (χ0v) is 33.0. The van der Waals surface area contributed by atoms with Crippen LogP contribution < -0.4 is 26.2 Å². The Kier molecular flexibility index (Phi) is 5.70. The second-order valence-electron chi connectivity index (χ2n) is 23.2. The molecule has 0 atom stereocenters. The second kappa shape index (κ2) is 10.3. The van der Waals surface area contributed by atoms with Crippen LogP contribution in [0.4, 0.5) is 22.7 Å². The van der Waals surface area contributed by atoms with Crippen LogP contribution in [0.2, 0.25) is 0 Å². The zero-order valence-electron chi connectivity index (χ0n) is 33.0. The van der Waals surface area contributed by atoms with Crippen molar-refractivity contribution in [3.05, 3.63) is 64.2 Å². The monoisotopic (exact) mass is 722 g/mol. The number of hydrogen-bond donors (Lipinski definition) is 0. The molecule has 2 nitrogen and oxygen atoms in total. The minimum absolute atomic E-state index is 0.392. The number of hydrogen-bond acceptors (Lipinski definition) is 2. The van der Waals surface area contributed by atoms with Gasteiger partial charge in [-0.25, -0.2) is 0 Å². The van der Waals surface area contributed by atoms with E-state index in [1.165, 1.54) is 103 Å². The number of benzene rings is 3. The molecular formula is C52H59BN2. The van der Waals surface area contributed by atoms with Gasteiger partial charge in [-0.3, -0.25) is 0 Å².